The number of carbonyl (C=O) groups is 1. The van der Waals surface area contributed by atoms with Crippen molar-refractivity contribution in [3.05, 3.63) is 0 Å². The van der Waals surface area contributed by atoms with Gasteiger partial charge in [0.25, 0.3) is 0 Å². The van der Waals surface area contributed by atoms with Gasteiger partial charge in [0.15, 0.2) is 0 Å². The quantitative estimate of drug-likeness (QED) is 0.850. The first-order valence-electron chi connectivity index (χ1n) is 8.05. The summed E-state index contributed by atoms with van der Waals surface area (Å²) in [5.41, 5.74) is -0.148. The predicted octanol–water partition coefficient (Wildman–Crippen LogP) is 2.76. The molecule has 1 saturated heterocycles. The van der Waals surface area contributed by atoms with Crippen molar-refractivity contribution in [1.82, 2.24) is 10.2 Å². The van der Waals surface area contributed by atoms with Crippen LogP contribution >= 0.6 is 0 Å². The van der Waals surface area contributed by atoms with E-state index in [0.717, 1.165) is 25.2 Å². The lowest BCUT2D eigenvalue weighted by Gasteiger charge is -2.34. The summed E-state index contributed by atoms with van der Waals surface area (Å²) < 4.78 is 0. The molecule has 108 valence electrons. The molecule has 4 atom stereocenters. The number of rotatable bonds is 3. The molecule has 1 N–H and O–H groups in total. The molecule has 0 aromatic heterocycles. The van der Waals surface area contributed by atoms with Gasteiger partial charge >= 0.3 is 0 Å². The third-order valence-corrected chi connectivity index (χ3v) is 5.65. The smallest absolute Gasteiger partial charge is 0.244 e. The number of nitrogens with one attached hydrogen (secondary N) is 1. The Kier molecular flexibility index (Phi) is 3.16. The van der Waals surface area contributed by atoms with Crippen LogP contribution in [-0.4, -0.2) is 28.6 Å². The van der Waals surface area contributed by atoms with Gasteiger partial charge in [-0.05, 0) is 49.9 Å². The van der Waals surface area contributed by atoms with Crippen molar-refractivity contribution in [2.75, 3.05) is 0 Å². The van der Waals surface area contributed by atoms with E-state index in [1.165, 1.54) is 12.8 Å². The Balaban J connectivity index is 1.81. The lowest BCUT2D eigenvalue weighted by atomic mass is 9.96. The number of carbonyl (C=O) groups excluding carboxylic acids is 1. The maximum Gasteiger partial charge on any atom is 0.244 e. The molecule has 3 rings (SSSR count). The first-order chi connectivity index (χ1) is 8.94. The maximum atomic E-state index is 12.8. The highest BCUT2D eigenvalue weighted by molar-refractivity contribution is 5.92. The molecule has 0 aromatic rings. The van der Waals surface area contributed by atoms with E-state index >= 15 is 0 Å². The minimum absolute atomic E-state index is 0.148. The van der Waals surface area contributed by atoms with Gasteiger partial charge < -0.3 is 4.90 Å². The minimum atomic E-state index is -0.148. The standard InChI is InChI=1S/C16H28N2O/c1-10(2)9-14-17-16(7-8-16)15(19)18(14)13-6-5-11(3)12(13)4/h10-14,17H,5-9H2,1-4H3. The number of hydrogen-bond donors (Lipinski definition) is 1. The summed E-state index contributed by atoms with van der Waals surface area (Å²) in [7, 11) is 0. The highest BCUT2D eigenvalue weighted by atomic mass is 16.2. The first kappa shape index (κ1) is 13.4. The van der Waals surface area contributed by atoms with Crippen LogP contribution in [0.4, 0.5) is 0 Å². The Labute approximate surface area is 117 Å². The number of hydrogen-bond acceptors (Lipinski definition) is 2. The Morgan fingerprint density at radius 2 is 2.00 bits per heavy atom. The fourth-order valence-electron chi connectivity index (χ4n) is 4.05. The third kappa shape index (κ3) is 2.10. The molecule has 1 heterocycles. The van der Waals surface area contributed by atoms with Crippen LogP contribution in [0.25, 0.3) is 0 Å². The highest BCUT2D eigenvalue weighted by Gasteiger charge is 2.61. The van der Waals surface area contributed by atoms with E-state index in [2.05, 4.69) is 37.9 Å². The molecule has 3 heteroatoms. The second-order valence-corrected chi connectivity index (χ2v) is 7.57. The van der Waals surface area contributed by atoms with Crippen LogP contribution < -0.4 is 5.32 Å². The van der Waals surface area contributed by atoms with E-state index in [4.69, 9.17) is 0 Å². The predicted molar refractivity (Wildman–Crippen MR) is 76.5 cm³/mol. The van der Waals surface area contributed by atoms with Gasteiger partial charge in [-0.3, -0.25) is 10.1 Å². The first-order valence-corrected chi connectivity index (χ1v) is 8.05. The molecule has 1 amide bonds. The SMILES string of the molecule is CC(C)CC1NC2(CC2)C(=O)N1C1CCC(C)C1C. The fourth-order valence-corrected chi connectivity index (χ4v) is 4.05. The Bertz CT molecular complexity index is 375. The van der Waals surface area contributed by atoms with Gasteiger partial charge in [0.2, 0.25) is 5.91 Å². The van der Waals surface area contributed by atoms with E-state index in [-0.39, 0.29) is 11.7 Å². The van der Waals surface area contributed by atoms with Gasteiger partial charge in [-0.2, -0.15) is 0 Å². The van der Waals surface area contributed by atoms with Crippen LogP contribution in [0.5, 0.6) is 0 Å². The largest absolute Gasteiger partial charge is 0.322 e. The zero-order valence-electron chi connectivity index (χ0n) is 12.8. The summed E-state index contributed by atoms with van der Waals surface area (Å²) in [5.74, 6) is 2.45. The van der Waals surface area contributed by atoms with Crippen molar-refractivity contribution in [2.24, 2.45) is 17.8 Å². The summed E-state index contributed by atoms with van der Waals surface area (Å²) >= 11 is 0. The van der Waals surface area contributed by atoms with Crippen molar-refractivity contribution in [3.8, 4) is 0 Å². The second kappa shape index (κ2) is 4.47. The van der Waals surface area contributed by atoms with Crippen LogP contribution in [0.1, 0.15) is 59.8 Å². The molecular weight excluding hydrogens is 236 g/mol. The summed E-state index contributed by atoms with van der Waals surface area (Å²) in [5, 5.41) is 3.66. The van der Waals surface area contributed by atoms with Crippen molar-refractivity contribution >= 4 is 5.91 Å². The Morgan fingerprint density at radius 3 is 2.47 bits per heavy atom. The molecule has 3 fully saturated rings. The van der Waals surface area contributed by atoms with Gasteiger partial charge in [-0.1, -0.05) is 27.7 Å². The molecule has 2 aliphatic carbocycles. The number of amides is 1. The fraction of sp³-hybridized carbons (Fsp3) is 0.938. The molecule has 4 unspecified atom stereocenters. The van der Waals surface area contributed by atoms with Crippen LogP contribution in [-0.2, 0) is 4.79 Å². The molecule has 3 nitrogen and oxygen atoms in total. The van der Waals surface area contributed by atoms with Crippen LogP contribution in [0.2, 0.25) is 0 Å². The Hall–Kier alpha value is -0.570. The van der Waals surface area contributed by atoms with Gasteiger partial charge in [0, 0.05) is 6.04 Å². The van der Waals surface area contributed by atoms with Crippen molar-refractivity contribution < 1.29 is 4.79 Å². The molecule has 1 aliphatic heterocycles. The number of nitrogens with zero attached hydrogens (tertiary/aromatic N) is 1. The molecule has 2 saturated carbocycles. The van der Waals surface area contributed by atoms with Gasteiger partial charge in [-0.25, -0.2) is 0 Å². The van der Waals surface area contributed by atoms with Crippen LogP contribution in [0, 0.1) is 17.8 Å². The van der Waals surface area contributed by atoms with Crippen LogP contribution in [0.3, 0.4) is 0 Å². The maximum absolute atomic E-state index is 12.8. The molecule has 0 radical (unpaired) electrons. The van der Waals surface area contributed by atoms with E-state index in [1.807, 2.05) is 0 Å². The Morgan fingerprint density at radius 1 is 1.32 bits per heavy atom. The van der Waals surface area contributed by atoms with Crippen molar-refractivity contribution in [1.29, 1.82) is 0 Å². The molecular formula is C16H28N2O. The van der Waals surface area contributed by atoms with E-state index in [0.29, 0.717) is 23.8 Å². The van der Waals surface area contributed by atoms with Gasteiger partial charge in [0.1, 0.15) is 0 Å². The zero-order valence-corrected chi connectivity index (χ0v) is 12.8. The molecule has 0 aromatic carbocycles. The van der Waals surface area contributed by atoms with Gasteiger partial charge in [0.05, 0.1) is 11.7 Å². The monoisotopic (exact) mass is 264 g/mol. The summed E-state index contributed by atoms with van der Waals surface area (Å²) in [6.45, 7) is 9.18. The minimum Gasteiger partial charge on any atom is -0.322 e. The average Bonchev–Trinajstić information content (AvgIpc) is 2.98. The summed E-state index contributed by atoms with van der Waals surface area (Å²) in [4.78, 5) is 15.0. The van der Waals surface area contributed by atoms with E-state index in [9.17, 15) is 4.79 Å². The summed E-state index contributed by atoms with van der Waals surface area (Å²) in [6, 6.07) is 0.471. The molecule has 0 bridgehead atoms. The lowest BCUT2D eigenvalue weighted by Crippen LogP contribution is -2.46. The molecule has 19 heavy (non-hydrogen) atoms. The van der Waals surface area contributed by atoms with E-state index < -0.39 is 0 Å². The average molecular weight is 264 g/mol. The van der Waals surface area contributed by atoms with Crippen molar-refractivity contribution in [2.45, 2.75) is 77.5 Å². The van der Waals surface area contributed by atoms with Crippen molar-refractivity contribution in [3.63, 3.8) is 0 Å². The zero-order chi connectivity index (χ0) is 13.8. The highest BCUT2D eigenvalue weighted by Crippen LogP contribution is 2.47. The topological polar surface area (TPSA) is 32.3 Å². The second-order valence-electron chi connectivity index (χ2n) is 7.57. The van der Waals surface area contributed by atoms with Gasteiger partial charge in [-0.15, -0.1) is 0 Å². The van der Waals surface area contributed by atoms with E-state index in [1.54, 1.807) is 0 Å². The third-order valence-electron chi connectivity index (χ3n) is 5.65. The lowest BCUT2D eigenvalue weighted by molar-refractivity contribution is -0.134. The molecule has 1 spiro atoms. The molecule has 3 aliphatic rings. The van der Waals surface area contributed by atoms with Crippen LogP contribution in [0.15, 0.2) is 0 Å². The normalized spacial score (nSPS) is 40.7. The summed E-state index contributed by atoms with van der Waals surface area (Å²) in [6.07, 6.45) is 5.94.